The molecule has 0 bridgehead atoms. The molecule has 0 rings (SSSR count). The molecule has 120 valence electrons. The molecule has 4 nitrogen and oxygen atoms in total. The van der Waals surface area contributed by atoms with Crippen molar-refractivity contribution >= 4 is 11.8 Å². The van der Waals surface area contributed by atoms with Crippen molar-refractivity contribution in [2.75, 3.05) is 6.54 Å². The second-order valence-corrected chi connectivity index (χ2v) is 5.58. The molecule has 0 aliphatic heterocycles. The van der Waals surface area contributed by atoms with Crippen LogP contribution in [-0.2, 0) is 9.59 Å². The molecule has 2 amide bonds. The number of nitrogens with one attached hydrogen (secondary N) is 2. The average Bonchev–Trinajstić information content (AvgIpc) is 2.33. The van der Waals surface area contributed by atoms with E-state index in [4.69, 9.17) is 0 Å². The van der Waals surface area contributed by atoms with E-state index in [1.807, 2.05) is 13.8 Å². The smallest absolute Gasteiger partial charge is 0.255 e. The second-order valence-electron chi connectivity index (χ2n) is 5.58. The van der Waals surface area contributed by atoms with Crippen LogP contribution >= 0.6 is 0 Å². The first kappa shape index (κ1) is 21.1. The molecule has 0 aliphatic carbocycles. The number of alkyl halides is 2. The largest absolute Gasteiger partial charge is 0.349 e. The highest BCUT2D eigenvalue weighted by molar-refractivity contribution is 5.89. The van der Waals surface area contributed by atoms with Crippen LogP contribution in [0.2, 0.25) is 0 Å². The van der Waals surface area contributed by atoms with Gasteiger partial charge in [0.15, 0.2) is 0 Å². The van der Waals surface area contributed by atoms with Gasteiger partial charge in [-0.2, -0.15) is 0 Å². The molecule has 1 unspecified atom stereocenters. The summed E-state index contributed by atoms with van der Waals surface area (Å²) < 4.78 is 24.0. The van der Waals surface area contributed by atoms with E-state index in [9.17, 15) is 18.4 Å². The van der Waals surface area contributed by atoms with Gasteiger partial charge in [0.05, 0.1) is 6.54 Å². The van der Waals surface area contributed by atoms with Gasteiger partial charge in [0.25, 0.3) is 6.43 Å². The molecule has 1 atom stereocenters. The minimum atomic E-state index is -2.60. The van der Waals surface area contributed by atoms with E-state index < -0.39 is 30.3 Å². The molecular weight excluding hydrogens is 266 g/mol. The maximum Gasteiger partial charge on any atom is 0.255 e. The summed E-state index contributed by atoms with van der Waals surface area (Å²) in [6.45, 7) is 11.9. The maximum atomic E-state index is 12.0. The summed E-state index contributed by atoms with van der Waals surface area (Å²) in [6, 6.07) is -0.796. The summed E-state index contributed by atoms with van der Waals surface area (Å²) >= 11 is 0. The fraction of sp³-hybridized carbons (Fsp3) is 0.857. The van der Waals surface area contributed by atoms with Crippen molar-refractivity contribution in [2.45, 2.75) is 60.9 Å². The lowest BCUT2D eigenvalue weighted by Gasteiger charge is -2.26. The summed E-state index contributed by atoms with van der Waals surface area (Å²) in [5, 5.41) is 4.70. The number of carbonyl (C=O) groups is 2. The van der Waals surface area contributed by atoms with Crippen LogP contribution in [0.15, 0.2) is 0 Å². The van der Waals surface area contributed by atoms with Crippen molar-refractivity contribution in [3.63, 3.8) is 0 Å². The Morgan fingerprint density at radius 2 is 1.55 bits per heavy atom. The molecule has 0 saturated carbocycles. The van der Waals surface area contributed by atoms with Crippen LogP contribution in [0.3, 0.4) is 0 Å². The zero-order valence-corrected chi connectivity index (χ0v) is 13.5. The molecule has 0 fully saturated rings. The van der Waals surface area contributed by atoms with Gasteiger partial charge in [-0.3, -0.25) is 9.59 Å². The van der Waals surface area contributed by atoms with Gasteiger partial charge >= 0.3 is 0 Å². The Labute approximate surface area is 120 Å². The molecule has 6 heteroatoms. The van der Waals surface area contributed by atoms with Crippen molar-refractivity contribution in [3.8, 4) is 0 Å². The van der Waals surface area contributed by atoms with Crippen LogP contribution in [0.25, 0.3) is 0 Å². The molecule has 0 saturated heterocycles. The summed E-state index contributed by atoms with van der Waals surface area (Å²) in [4.78, 5) is 23.5. The fourth-order valence-corrected chi connectivity index (χ4v) is 1.18. The van der Waals surface area contributed by atoms with Crippen molar-refractivity contribution < 1.29 is 18.4 Å². The van der Waals surface area contributed by atoms with E-state index in [1.54, 1.807) is 34.6 Å². The van der Waals surface area contributed by atoms with Crippen LogP contribution in [0.1, 0.15) is 48.5 Å². The van der Waals surface area contributed by atoms with Crippen LogP contribution in [-0.4, -0.2) is 30.8 Å². The van der Waals surface area contributed by atoms with Gasteiger partial charge in [0, 0.05) is 5.41 Å². The molecule has 0 aromatic carbocycles. The molecule has 20 heavy (non-hydrogen) atoms. The predicted octanol–water partition coefficient (Wildman–Crippen LogP) is 2.58. The minimum absolute atomic E-state index is 0.172. The van der Waals surface area contributed by atoms with Crippen LogP contribution in [0, 0.1) is 11.3 Å². The summed E-state index contributed by atoms with van der Waals surface area (Å²) in [6.07, 6.45) is -2.60. The normalized spacial score (nSPS) is 12.6. The van der Waals surface area contributed by atoms with E-state index in [0.29, 0.717) is 0 Å². The second kappa shape index (κ2) is 9.66. The van der Waals surface area contributed by atoms with Crippen molar-refractivity contribution in [1.82, 2.24) is 10.6 Å². The molecule has 0 aliphatic rings. The lowest BCUT2D eigenvalue weighted by molar-refractivity contribution is -0.134. The first-order valence-corrected chi connectivity index (χ1v) is 6.92. The zero-order valence-electron chi connectivity index (χ0n) is 13.5. The first-order valence-electron chi connectivity index (χ1n) is 6.92. The molecule has 0 aromatic rings. The topological polar surface area (TPSA) is 58.2 Å². The Hall–Kier alpha value is -1.20. The third kappa shape index (κ3) is 8.82. The number of hydrogen-bond acceptors (Lipinski definition) is 2. The van der Waals surface area contributed by atoms with Crippen LogP contribution in [0.4, 0.5) is 8.78 Å². The lowest BCUT2D eigenvalue weighted by Crippen LogP contribution is -2.52. The molecule has 2 N–H and O–H groups in total. The Morgan fingerprint density at radius 1 is 1.10 bits per heavy atom. The highest BCUT2D eigenvalue weighted by atomic mass is 19.3. The van der Waals surface area contributed by atoms with Gasteiger partial charge in [-0.15, -0.1) is 0 Å². The van der Waals surface area contributed by atoms with Gasteiger partial charge in [0.1, 0.15) is 6.04 Å². The number of amides is 2. The number of carbonyl (C=O) groups excluding carboxylic acids is 2. The predicted molar refractivity (Wildman–Crippen MR) is 76.6 cm³/mol. The van der Waals surface area contributed by atoms with Crippen molar-refractivity contribution in [1.29, 1.82) is 0 Å². The van der Waals surface area contributed by atoms with Gasteiger partial charge < -0.3 is 10.6 Å². The Bertz CT molecular complexity index is 300. The molecular formula is C14H28F2N2O2. The maximum absolute atomic E-state index is 12.0. The summed E-state index contributed by atoms with van der Waals surface area (Å²) in [5.41, 5.74) is -0.629. The van der Waals surface area contributed by atoms with Gasteiger partial charge in [-0.25, -0.2) is 8.78 Å². The minimum Gasteiger partial charge on any atom is -0.349 e. The third-order valence-electron chi connectivity index (χ3n) is 2.35. The third-order valence-corrected chi connectivity index (χ3v) is 2.35. The van der Waals surface area contributed by atoms with E-state index >= 15 is 0 Å². The molecule has 0 radical (unpaired) electrons. The lowest BCUT2D eigenvalue weighted by atomic mass is 9.93. The van der Waals surface area contributed by atoms with Crippen LogP contribution < -0.4 is 10.6 Å². The monoisotopic (exact) mass is 294 g/mol. The van der Waals surface area contributed by atoms with Gasteiger partial charge in [-0.1, -0.05) is 48.5 Å². The number of hydrogen-bond donors (Lipinski definition) is 2. The van der Waals surface area contributed by atoms with E-state index in [2.05, 4.69) is 10.6 Å². The summed E-state index contributed by atoms with van der Waals surface area (Å²) in [5.74, 6) is -1.04. The Morgan fingerprint density at radius 3 is 1.85 bits per heavy atom. The Kier molecular flexibility index (Phi) is 10.2. The number of halogens is 2. The summed E-state index contributed by atoms with van der Waals surface area (Å²) in [7, 11) is 0. The van der Waals surface area contributed by atoms with E-state index in [1.165, 1.54) is 0 Å². The average molecular weight is 294 g/mol. The van der Waals surface area contributed by atoms with Crippen LogP contribution in [0.5, 0.6) is 0 Å². The highest BCUT2D eigenvalue weighted by Gasteiger charge is 2.29. The molecule has 0 aromatic heterocycles. The first-order chi connectivity index (χ1) is 9.05. The molecule has 0 heterocycles. The van der Waals surface area contributed by atoms with E-state index in [-0.39, 0.29) is 11.8 Å². The zero-order chi connectivity index (χ0) is 16.5. The van der Waals surface area contributed by atoms with E-state index in [0.717, 1.165) is 0 Å². The van der Waals surface area contributed by atoms with Gasteiger partial charge in [-0.05, 0) is 5.92 Å². The Balaban J connectivity index is 0. The van der Waals surface area contributed by atoms with Crippen molar-refractivity contribution in [2.24, 2.45) is 11.3 Å². The SMILES string of the molecule is CC.CC(C)C(NC(=O)C(C)(C)C)C(=O)NCC(F)F. The number of rotatable bonds is 5. The highest BCUT2D eigenvalue weighted by Crippen LogP contribution is 2.14. The molecule has 0 spiro atoms. The van der Waals surface area contributed by atoms with Crippen molar-refractivity contribution in [3.05, 3.63) is 0 Å². The fourth-order valence-electron chi connectivity index (χ4n) is 1.18. The quantitative estimate of drug-likeness (QED) is 0.819. The van der Waals surface area contributed by atoms with Gasteiger partial charge in [0.2, 0.25) is 11.8 Å². The standard InChI is InChI=1S/C12H22F2N2O2.C2H6/c1-7(2)9(10(17)15-6-8(13)14)16-11(18)12(3,4)5;1-2/h7-9H,6H2,1-5H3,(H,15,17)(H,16,18);1-2H3.